The molecule has 1 aromatic heterocycles. The summed E-state index contributed by atoms with van der Waals surface area (Å²) in [5, 5.41) is 0. The topological polar surface area (TPSA) is 63.1 Å². The second kappa shape index (κ2) is 10.4. The van der Waals surface area contributed by atoms with E-state index in [0.717, 1.165) is 81.7 Å². The highest BCUT2D eigenvalue weighted by Crippen LogP contribution is 2.29. The van der Waals surface area contributed by atoms with Crippen LogP contribution in [0.3, 0.4) is 0 Å². The van der Waals surface area contributed by atoms with Gasteiger partial charge in [0.1, 0.15) is 23.4 Å². The maximum Gasteiger partial charge on any atom is 0.223 e. The Bertz CT molecular complexity index is 907. The van der Waals surface area contributed by atoms with E-state index < -0.39 is 0 Å². The van der Waals surface area contributed by atoms with Crippen LogP contribution in [0.4, 0.5) is 0 Å². The third-order valence-corrected chi connectivity index (χ3v) is 6.53. The normalized spacial score (nSPS) is 19.8. The van der Waals surface area contributed by atoms with E-state index in [1.165, 1.54) is 0 Å². The van der Waals surface area contributed by atoms with Gasteiger partial charge in [-0.3, -0.25) is 14.6 Å². The first-order valence-corrected chi connectivity index (χ1v) is 11.6. The molecule has 1 amide bonds. The van der Waals surface area contributed by atoms with Gasteiger partial charge >= 0.3 is 0 Å². The minimum atomic E-state index is 0.134. The molecule has 2 aromatic rings. The third kappa shape index (κ3) is 5.42. The van der Waals surface area contributed by atoms with Crippen LogP contribution in [0.15, 0.2) is 30.6 Å². The highest BCUT2D eigenvalue weighted by molar-refractivity contribution is 5.76. The highest BCUT2D eigenvalue weighted by Gasteiger charge is 2.25. The Morgan fingerprint density at radius 2 is 2.03 bits per heavy atom. The lowest BCUT2D eigenvalue weighted by atomic mass is 10.1. The van der Waals surface area contributed by atoms with Crippen molar-refractivity contribution < 1.29 is 14.3 Å². The van der Waals surface area contributed by atoms with E-state index in [0.29, 0.717) is 6.42 Å². The van der Waals surface area contributed by atoms with Gasteiger partial charge in [0.15, 0.2) is 0 Å². The van der Waals surface area contributed by atoms with E-state index in [4.69, 9.17) is 9.47 Å². The molecule has 1 fully saturated rings. The Kier molecular flexibility index (Phi) is 7.32. The van der Waals surface area contributed by atoms with E-state index in [1.54, 1.807) is 7.11 Å². The van der Waals surface area contributed by atoms with Crippen LogP contribution in [0.5, 0.6) is 11.5 Å². The first-order valence-electron chi connectivity index (χ1n) is 11.6. The molecule has 0 N–H and O–H groups in total. The Morgan fingerprint density at radius 1 is 1.22 bits per heavy atom. The van der Waals surface area contributed by atoms with E-state index in [1.807, 2.05) is 42.5 Å². The number of rotatable bonds is 7. The number of amides is 1. The molecule has 3 heterocycles. The molecule has 0 spiro atoms. The molecule has 4 rings (SSSR count). The van der Waals surface area contributed by atoms with Crippen molar-refractivity contribution in [3.8, 4) is 11.5 Å². The van der Waals surface area contributed by atoms with Crippen molar-refractivity contribution in [3.05, 3.63) is 42.0 Å². The van der Waals surface area contributed by atoms with Crippen LogP contribution in [0.25, 0.3) is 0 Å². The zero-order valence-electron chi connectivity index (χ0n) is 19.5. The molecule has 2 aliphatic heterocycles. The molecule has 174 valence electrons. The Labute approximate surface area is 190 Å². The Morgan fingerprint density at radius 3 is 2.72 bits per heavy atom. The van der Waals surface area contributed by atoms with Gasteiger partial charge in [-0.2, -0.15) is 0 Å². The number of aromatic nitrogens is 2. The first kappa shape index (κ1) is 22.6. The summed E-state index contributed by atoms with van der Waals surface area (Å²) in [6.07, 6.45) is 5.42. The predicted octanol–water partition coefficient (Wildman–Crippen LogP) is 2.14. The highest BCUT2D eigenvalue weighted by atomic mass is 16.5. The van der Waals surface area contributed by atoms with Crippen LogP contribution < -0.4 is 9.47 Å². The van der Waals surface area contributed by atoms with E-state index in [9.17, 15) is 4.79 Å². The SMILES string of the molecule is CCC1CN(CCC(=O)N2CCN(Cc3nccn3C)CC2)Cc2cc(OC)ccc2O1. The molecule has 1 aromatic carbocycles. The van der Waals surface area contributed by atoms with E-state index in [2.05, 4.69) is 26.3 Å². The average Bonchev–Trinajstić information content (AvgIpc) is 3.12. The second-order valence-electron chi connectivity index (χ2n) is 8.72. The fraction of sp³-hybridized carbons (Fsp3) is 0.583. The van der Waals surface area contributed by atoms with Gasteiger partial charge in [0, 0.05) is 77.2 Å². The van der Waals surface area contributed by atoms with Crippen molar-refractivity contribution in [3.63, 3.8) is 0 Å². The van der Waals surface area contributed by atoms with Crippen LogP contribution in [-0.2, 0) is 24.9 Å². The lowest BCUT2D eigenvalue weighted by molar-refractivity contribution is -0.133. The Balaban J connectivity index is 1.29. The maximum absolute atomic E-state index is 12.9. The van der Waals surface area contributed by atoms with Gasteiger partial charge in [0.2, 0.25) is 5.91 Å². The van der Waals surface area contributed by atoms with Gasteiger partial charge in [0.25, 0.3) is 0 Å². The van der Waals surface area contributed by atoms with E-state index >= 15 is 0 Å². The molecule has 32 heavy (non-hydrogen) atoms. The predicted molar refractivity (Wildman–Crippen MR) is 123 cm³/mol. The van der Waals surface area contributed by atoms with Gasteiger partial charge in [-0.05, 0) is 24.6 Å². The molecular formula is C24H35N5O3. The zero-order valence-corrected chi connectivity index (χ0v) is 19.5. The number of piperazine rings is 1. The summed E-state index contributed by atoms with van der Waals surface area (Å²) in [5.41, 5.74) is 1.12. The fourth-order valence-electron chi connectivity index (χ4n) is 4.43. The fourth-order valence-corrected chi connectivity index (χ4v) is 4.43. The number of nitrogens with zero attached hydrogens (tertiary/aromatic N) is 5. The number of hydrogen-bond donors (Lipinski definition) is 0. The van der Waals surface area contributed by atoms with Crippen LogP contribution in [0.2, 0.25) is 0 Å². The molecular weight excluding hydrogens is 406 g/mol. The Hall–Kier alpha value is -2.58. The van der Waals surface area contributed by atoms with Crippen LogP contribution in [0, 0.1) is 0 Å². The number of imidazole rings is 1. The standard InChI is InChI=1S/C24H35N5O3/c1-4-20-17-28(16-19-15-21(31-3)5-6-22(19)32-20)9-7-24(30)29-13-11-27(12-14-29)18-23-25-8-10-26(23)2/h5-6,8,10,15,20H,4,7,9,11-14,16-18H2,1-3H3. The van der Waals surface area contributed by atoms with Crippen molar-refractivity contribution in [1.29, 1.82) is 0 Å². The molecule has 8 heteroatoms. The molecule has 0 radical (unpaired) electrons. The second-order valence-corrected chi connectivity index (χ2v) is 8.72. The number of carbonyl (C=O) groups excluding carboxylic acids is 1. The van der Waals surface area contributed by atoms with Crippen LogP contribution in [-0.4, -0.2) is 82.6 Å². The maximum atomic E-state index is 12.9. The summed E-state index contributed by atoms with van der Waals surface area (Å²) in [6, 6.07) is 5.98. The molecule has 1 unspecified atom stereocenters. The zero-order chi connectivity index (χ0) is 22.5. The molecule has 1 saturated heterocycles. The van der Waals surface area contributed by atoms with Gasteiger partial charge in [-0.15, -0.1) is 0 Å². The summed E-state index contributed by atoms with van der Waals surface area (Å²) in [6.45, 7) is 8.67. The summed E-state index contributed by atoms with van der Waals surface area (Å²) >= 11 is 0. The van der Waals surface area contributed by atoms with Crippen LogP contribution >= 0.6 is 0 Å². The smallest absolute Gasteiger partial charge is 0.223 e. The summed E-state index contributed by atoms with van der Waals surface area (Å²) in [5.74, 6) is 3.07. The monoisotopic (exact) mass is 441 g/mol. The third-order valence-electron chi connectivity index (χ3n) is 6.53. The van der Waals surface area contributed by atoms with Crippen molar-refractivity contribution in [2.45, 2.75) is 39.0 Å². The van der Waals surface area contributed by atoms with Crippen molar-refractivity contribution in [1.82, 2.24) is 24.3 Å². The van der Waals surface area contributed by atoms with Crippen molar-refractivity contribution in [2.75, 3.05) is 46.4 Å². The quantitative estimate of drug-likeness (QED) is 0.656. The molecule has 0 aliphatic carbocycles. The summed E-state index contributed by atoms with van der Waals surface area (Å²) in [4.78, 5) is 24.0. The van der Waals surface area contributed by atoms with Gasteiger partial charge in [0.05, 0.1) is 13.7 Å². The van der Waals surface area contributed by atoms with Crippen molar-refractivity contribution >= 4 is 5.91 Å². The van der Waals surface area contributed by atoms with Gasteiger partial charge in [-0.1, -0.05) is 6.92 Å². The number of carbonyl (C=O) groups is 1. The number of ether oxygens (including phenoxy) is 2. The minimum Gasteiger partial charge on any atom is -0.497 e. The van der Waals surface area contributed by atoms with Gasteiger partial charge < -0.3 is 18.9 Å². The number of benzene rings is 1. The van der Waals surface area contributed by atoms with Crippen molar-refractivity contribution in [2.24, 2.45) is 7.05 Å². The largest absolute Gasteiger partial charge is 0.497 e. The molecule has 0 saturated carbocycles. The molecule has 1 atom stereocenters. The number of hydrogen-bond acceptors (Lipinski definition) is 6. The minimum absolute atomic E-state index is 0.134. The number of fused-ring (bicyclic) bond motifs is 1. The average molecular weight is 442 g/mol. The number of aryl methyl sites for hydroxylation is 1. The summed E-state index contributed by atoms with van der Waals surface area (Å²) in [7, 11) is 3.70. The molecule has 2 aliphatic rings. The number of methoxy groups -OCH3 is 1. The summed E-state index contributed by atoms with van der Waals surface area (Å²) < 4.78 is 13.7. The van der Waals surface area contributed by atoms with Gasteiger partial charge in [-0.25, -0.2) is 4.98 Å². The van der Waals surface area contributed by atoms with E-state index in [-0.39, 0.29) is 12.0 Å². The first-order chi connectivity index (χ1) is 15.6. The lowest BCUT2D eigenvalue weighted by Crippen LogP contribution is -2.49. The van der Waals surface area contributed by atoms with Crippen LogP contribution in [0.1, 0.15) is 31.2 Å². The lowest BCUT2D eigenvalue weighted by Gasteiger charge is -2.35. The molecule has 8 nitrogen and oxygen atoms in total. The molecule has 0 bridgehead atoms.